The summed E-state index contributed by atoms with van der Waals surface area (Å²) in [5.74, 6) is 0.949. The average Bonchev–Trinajstić information content (AvgIpc) is 3.34. The molecule has 36 heavy (non-hydrogen) atoms. The smallest absolute Gasteiger partial charge is 0.302 e. The summed E-state index contributed by atoms with van der Waals surface area (Å²) in [7, 11) is 0. The SMILES string of the molecule is CC(=O)O[C@H]1CC[C@@]2(C)C(=CC[C@H]3[C@@H]4C[C@@H](OC(C)=O)[C@H]([C@@](C)(O)c5cc(C)no5)[C@@]4(C)CC[C@@H]32)C1. The average molecular weight is 500 g/mol. The van der Waals surface area contributed by atoms with Crippen LogP contribution in [0.25, 0.3) is 0 Å². The molecule has 3 fully saturated rings. The first kappa shape index (κ1) is 25.5. The van der Waals surface area contributed by atoms with E-state index in [1.165, 1.54) is 19.4 Å². The Morgan fingerprint density at radius 3 is 2.50 bits per heavy atom. The number of carbonyl (C=O) groups is 2. The normalized spacial score (nSPS) is 41.2. The number of hydrogen-bond donors (Lipinski definition) is 1. The summed E-state index contributed by atoms with van der Waals surface area (Å²) in [6.45, 7) is 11.3. The lowest BCUT2D eigenvalue weighted by Gasteiger charge is -2.58. The predicted molar refractivity (Wildman–Crippen MR) is 132 cm³/mol. The molecule has 4 aliphatic rings. The quantitative estimate of drug-likeness (QED) is 0.447. The van der Waals surface area contributed by atoms with Crippen LogP contribution in [-0.2, 0) is 24.7 Å². The van der Waals surface area contributed by atoms with Gasteiger partial charge in [0.1, 0.15) is 17.8 Å². The van der Waals surface area contributed by atoms with Gasteiger partial charge < -0.3 is 19.1 Å². The van der Waals surface area contributed by atoms with E-state index in [4.69, 9.17) is 14.0 Å². The highest BCUT2D eigenvalue weighted by atomic mass is 16.5. The third-order valence-electron chi connectivity index (χ3n) is 10.4. The van der Waals surface area contributed by atoms with E-state index in [1.807, 2.05) is 6.92 Å². The van der Waals surface area contributed by atoms with Gasteiger partial charge in [-0.1, -0.05) is 30.7 Å². The van der Waals surface area contributed by atoms with E-state index in [1.54, 1.807) is 13.0 Å². The van der Waals surface area contributed by atoms with Crippen molar-refractivity contribution in [1.29, 1.82) is 0 Å². The number of aromatic nitrogens is 1. The first-order valence-corrected chi connectivity index (χ1v) is 13.6. The van der Waals surface area contributed by atoms with Crippen LogP contribution in [0.3, 0.4) is 0 Å². The summed E-state index contributed by atoms with van der Waals surface area (Å²) in [6, 6.07) is 1.80. The van der Waals surface area contributed by atoms with Gasteiger partial charge >= 0.3 is 11.9 Å². The van der Waals surface area contributed by atoms with Crippen molar-refractivity contribution in [2.24, 2.45) is 34.5 Å². The maximum absolute atomic E-state index is 12.2. The number of aryl methyl sites for hydroxylation is 1. The molecule has 0 aromatic carbocycles. The lowest BCUT2D eigenvalue weighted by atomic mass is 9.46. The van der Waals surface area contributed by atoms with E-state index in [-0.39, 0.29) is 40.9 Å². The van der Waals surface area contributed by atoms with E-state index in [0.29, 0.717) is 23.5 Å². The van der Waals surface area contributed by atoms with Gasteiger partial charge in [0.05, 0.1) is 5.69 Å². The number of fused-ring (bicyclic) bond motifs is 5. The minimum absolute atomic E-state index is 0.0168. The molecule has 7 nitrogen and oxygen atoms in total. The standard InChI is InChI=1S/C29H41NO6/c1-16-13-25(36-30-16)29(6,33)26-24(35-18(3)32)15-23-21-8-7-19-14-20(34-17(2)31)9-11-27(19,4)22(21)10-12-28(23,26)5/h7,13,20-24,26,33H,8-12,14-15H2,1-6H3/t20-,21+,22-,23-,24+,26-,27-,28-,29-/m0/s1. The highest BCUT2D eigenvalue weighted by Crippen LogP contribution is 2.68. The Morgan fingerprint density at radius 2 is 1.86 bits per heavy atom. The summed E-state index contributed by atoms with van der Waals surface area (Å²) in [5, 5.41) is 16.0. The fraction of sp³-hybridized carbons (Fsp3) is 0.759. The molecule has 0 bridgehead atoms. The Bertz CT molecular complexity index is 1070. The van der Waals surface area contributed by atoms with Gasteiger partial charge in [-0.05, 0) is 81.0 Å². The number of rotatable bonds is 4. The minimum atomic E-state index is -1.31. The van der Waals surface area contributed by atoms with Crippen molar-refractivity contribution in [3.05, 3.63) is 29.2 Å². The number of nitrogens with zero attached hydrogens (tertiary/aromatic N) is 1. The van der Waals surface area contributed by atoms with E-state index >= 15 is 0 Å². The van der Waals surface area contributed by atoms with Crippen LogP contribution in [0.5, 0.6) is 0 Å². The molecule has 1 heterocycles. The van der Waals surface area contributed by atoms with Crippen LogP contribution in [0.2, 0.25) is 0 Å². The first-order valence-electron chi connectivity index (χ1n) is 13.6. The van der Waals surface area contributed by atoms with Crippen LogP contribution in [0, 0.1) is 41.4 Å². The first-order chi connectivity index (χ1) is 16.9. The lowest BCUT2D eigenvalue weighted by molar-refractivity contribution is -0.165. The number of hydrogen-bond acceptors (Lipinski definition) is 7. The van der Waals surface area contributed by atoms with Crippen LogP contribution >= 0.6 is 0 Å². The summed E-state index contributed by atoms with van der Waals surface area (Å²) < 4.78 is 17.1. The third-order valence-corrected chi connectivity index (χ3v) is 10.4. The molecule has 0 radical (unpaired) electrons. The molecule has 9 atom stereocenters. The van der Waals surface area contributed by atoms with E-state index in [2.05, 4.69) is 25.1 Å². The molecule has 0 spiro atoms. The second-order valence-corrected chi connectivity index (χ2v) is 12.6. The molecule has 0 saturated heterocycles. The van der Waals surface area contributed by atoms with E-state index in [0.717, 1.165) is 50.6 Å². The molecule has 0 aliphatic heterocycles. The fourth-order valence-corrected chi connectivity index (χ4v) is 9.04. The fourth-order valence-electron chi connectivity index (χ4n) is 9.04. The number of ether oxygens (including phenoxy) is 2. The van der Waals surface area contributed by atoms with Crippen molar-refractivity contribution >= 4 is 11.9 Å². The van der Waals surface area contributed by atoms with Gasteiger partial charge in [0.15, 0.2) is 5.76 Å². The monoisotopic (exact) mass is 499 g/mol. The summed E-state index contributed by atoms with van der Waals surface area (Å²) in [6.07, 6.45) is 8.52. The number of aliphatic hydroxyl groups is 1. The Hall–Kier alpha value is -2.15. The van der Waals surface area contributed by atoms with Crippen molar-refractivity contribution in [2.75, 3.05) is 0 Å². The van der Waals surface area contributed by atoms with Gasteiger partial charge in [-0.15, -0.1) is 0 Å². The largest absolute Gasteiger partial charge is 0.462 e. The molecule has 0 amide bonds. The Labute approximate surface area is 214 Å². The molecular formula is C29H41NO6. The molecule has 4 aliphatic carbocycles. The van der Waals surface area contributed by atoms with Gasteiger partial charge in [0, 0.05) is 32.3 Å². The minimum Gasteiger partial charge on any atom is -0.462 e. The van der Waals surface area contributed by atoms with Gasteiger partial charge in [0.2, 0.25) is 0 Å². The topological polar surface area (TPSA) is 98.9 Å². The molecule has 1 N–H and O–H groups in total. The van der Waals surface area contributed by atoms with Crippen LogP contribution < -0.4 is 0 Å². The van der Waals surface area contributed by atoms with Gasteiger partial charge in [0.25, 0.3) is 0 Å². The molecule has 1 aromatic heterocycles. The summed E-state index contributed by atoms with van der Waals surface area (Å²) in [4.78, 5) is 23.7. The summed E-state index contributed by atoms with van der Waals surface area (Å²) in [5.41, 5.74) is 0.752. The Kier molecular flexibility index (Phi) is 6.17. The molecule has 198 valence electrons. The van der Waals surface area contributed by atoms with Gasteiger partial charge in [-0.3, -0.25) is 9.59 Å². The Balaban J connectivity index is 1.48. The predicted octanol–water partition coefficient (Wildman–Crippen LogP) is 5.24. The molecule has 3 saturated carbocycles. The summed E-state index contributed by atoms with van der Waals surface area (Å²) >= 11 is 0. The number of carbonyl (C=O) groups excluding carboxylic acids is 2. The molecule has 7 heteroatoms. The highest BCUT2D eigenvalue weighted by molar-refractivity contribution is 5.66. The number of allylic oxidation sites excluding steroid dienone is 1. The van der Waals surface area contributed by atoms with Crippen molar-refractivity contribution in [3.63, 3.8) is 0 Å². The highest BCUT2D eigenvalue weighted by Gasteiger charge is 2.66. The van der Waals surface area contributed by atoms with Crippen molar-refractivity contribution in [3.8, 4) is 0 Å². The van der Waals surface area contributed by atoms with Crippen molar-refractivity contribution in [1.82, 2.24) is 5.16 Å². The third kappa shape index (κ3) is 3.93. The van der Waals surface area contributed by atoms with E-state index < -0.39 is 5.60 Å². The van der Waals surface area contributed by atoms with E-state index in [9.17, 15) is 14.7 Å². The second-order valence-electron chi connectivity index (χ2n) is 12.6. The Morgan fingerprint density at radius 1 is 1.14 bits per heavy atom. The molecule has 5 rings (SSSR count). The lowest BCUT2D eigenvalue weighted by Crippen LogP contribution is -2.53. The van der Waals surface area contributed by atoms with Crippen LogP contribution in [0.15, 0.2) is 22.2 Å². The van der Waals surface area contributed by atoms with Crippen molar-refractivity contribution in [2.45, 2.75) is 104 Å². The molecular weight excluding hydrogens is 458 g/mol. The molecule has 1 aromatic rings. The van der Waals surface area contributed by atoms with Crippen LogP contribution in [-0.4, -0.2) is 34.4 Å². The van der Waals surface area contributed by atoms with Gasteiger partial charge in [-0.2, -0.15) is 0 Å². The maximum atomic E-state index is 12.2. The van der Waals surface area contributed by atoms with Crippen molar-refractivity contribution < 1.29 is 28.7 Å². The molecule has 0 unspecified atom stereocenters. The van der Waals surface area contributed by atoms with Gasteiger partial charge in [-0.25, -0.2) is 0 Å². The van der Waals surface area contributed by atoms with Crippen LogP contribution in [0.4, 0.5) is 0 Å². The zero-order valence-corrected chi connectivity index (χ0v) is 22.5. The zero-order chi connectivity index (χ0) is 26.0. The zero-order valence-electron chi connectivity index (χ0n) is 22.5. The second kappa shape index (κ2) is 8.71. The number of esters is 2. The maximum Gasteiger partial charge on any atom is 0.302 e. The van der Waals surface area contributed by atoms with Crippen LogP contribution in [0.1, 0.15) is 91.0 Å².